The summed E-state index contributed by atoms with van der Waals surface area (Å²) < 4.78 is 2.78. The third kappa shape index (κ3) is 3.06. The fraction of sp³-hybridized carbons (Fsp3) is 0.667. The van der Waals surface area contributed by atoms with Gasteiger partial charge in [0, 0.05) is 32.0 Å². The maximum absolute atomic E-state index is 11.8. The molecule has 1 rings (SSSR count). The van der Waals surface area contributed by atoms with Crippen LogP contribution in [0.3, 0.4) is 0 Å². The first kappa shape index (κ1) is 13.7. The molecule has 0 spiro atoms. The van der Waals surface area contributed by atoms with Gasteiger partial charge in [-0.3, -0.25) is 9.59 Å². The molecule has 0 amide bonds. The largest absolute Gasteiger partial charge is 0.316 e. The van der Waals surface area contributed by atoms with Gasteiger partial charge in [-0.1, -0.05) is 20.3 Å². The average molecular weight is 239 g/mol. The fourth-order valence-corrected chi connectivity index (χ4v) is 1.79. The van der Waals surface area contributed by atoms with Gasteiger partial charge < -0.3 is 14.5 Å². The quantitative estimate of drug-likeness (QED) is 0.746. The van der Waals surface area contributed by atoms with E-state index in [1.165, 1.54) is 9.13 Å². The van der Waals surface area contributed by atoms with Crippen molar-refractivity contribution in [1.82, 2.24) is 14.5 Å². The lowest BCUT2D eigenvalue weighted by atomic mass is 9.99. The van der Waals surface area contributed by atoms with Crippen molar-refractivity contribution in [3.05, 3.63) is 33.1 Å². The van der Waals surface area contributed by atoms with E-state index in [2.05, 4.69) is 19.2 Å². The number of aromatic nitrogens is 2. The predicted octanol–water partition coefficient (Wildman–Crippen LogP) is 0.181. The van der Waals surface area contributed by atoms with Crippen LogP contribution in [-0.4, -0.2) is 22.2 Å². The van der Waals surface area contributed by atoms with E-state index < -0.39 is 11.1 Å². The molecule has 0 saturated heterocycles. The predicted molar refractivity (Wildman–Crippen MR) is 68.2 cm³/mol. The SMILES string of the molecule is CCC(C)C(Cn1ccn(C)c(=O)c1=O)NC. The second kappa shape index (κ2) is 5.82. The molecule has 96 valence electrons. The highest BCUT2D eigenvalue weighted by molar-refractivity contribution is 4.86. The van der Waals surface area contributed by atoms with Gasteiger partial charge in [-0.2, -0.15) is 0 Å². The lowest BCUT2D eigenvalue weighted by Crippen LogP contribution is -2.44. The van der Waals surface area contributed by atoms with Gasteiger partial charge in [0.05, 0.1) is 0 Å². The number of likely N-dealkylation sites (N-methyl/N-ethyl adjacent to an activating group) is 1. The van der Waals surface area contributed by atoms with Gasteiger partial charge in [-0.25, -0.2) is 0 Å². The molecule has 0 aliphatic rings. The highest BCUT2D eigenvalue weighted by Gasteiger charge is 2.15. The second-order valence-corrected chi connectivity index (χ2v) is 4.45. The van der Waals surface area contributed by atoms with E-state index in [1.54, 1.807) is 19.4 Å². The summed E-state index contributed by atoms with van der Waals surface area (Å²) in [5, 5.41) is 3.19. The molecule has 1 heterocycles. The van der Waals surface area contributed by atoms with Crippen LogP contribution in [0.4, 0.5) is 0 Å². The van der Waals surface area contributed by atoms with Crippen molar-refractivity contribution in [2.45, 2.75) is 32.9 Å². The number of aryl methyl sites for hydroxylation is 1. The molecule has 2 unspecified atom stereocenters. The molecular weight excluding hydrogens is 218 g/mol. The zero-order chi connectivity index (χ0) is 13.0. The normalized spacial score (nSPS) is 14.6. The number of nitrogens with zero attached hydrogens (tertiary/aromatic N) is 2. The van der Waals surface area contributed by atoms with Crippen LogP contribution in [0, 0.1) is 5.92 Å². The smallest absolute Gasteiger partial charge is 0.315 e. The van der Waals surface area contributed by atoms with E-state index in [-0.39, 0.29) is 6.04 Å². The Hall–Kier alpha value is -1.36. The summed E-state index contributed by atoms with van der Waals surface area (Å²) in [6.07, 6.45) is 4.31. The van der Waals surface area contributed by atoms with Gasteiger partial charge in [0.15, 0.2) is 0 Å². The lowest BCUT2D eigenvalue weighted by Gasteiger charge is -2.23. The topological polar surface area (TPSA) is 56.0 Å². The molecule has 1 N–H and O–H groups in total. The van der Waals surface area contributed by atoms with Crippen LogP contribution < -0.4 is 16.4 Å². The first-order valence-electron chi connectivity index (χ1n) is 5.94. The van der Waals surface area contributed by atoms with Crippen molar-refractivity contribution < 1.29 is 0 Å². The van der Waals surface area contributed by atoms with Crippen LogP contribution in [-0.2, 0) is 13.6 Å². The summed E-state index contributed by atoms with van der Waals surface area (Å²) in [6.45, 7) is 4.77. The maximum Gasteiger partial charge on any atom is 0.316 e. The van der Waals surface area contributed by atoms with Gasteiger partial charge in [0.1, 0.15) is 0 Å². The number of hydrogen-bond acceptors (Lipinski definition) is 3. The Bertz CT molecular complexity index is 475. The Balaban J connectivity index is 2.99. The van der Waals surface area contributed by atoms with Crippen LogP contribution in [0.2, 0.25) is 0 Å². The van der Waals surface area contributed by atoms with Gasteiger partial charge in [0.25, 0.3) is 0 Å². The van der Waals surface area contributed by atoms with Crippen molar-refractivity contribution in [3.63, 3.8) is 0 Å². The zero-order valence-corrected chi connectivity index (χ0v) is 10.9. The number of hydrogen-bond donors (Lipinski definition) is 1. The summed E-state index contributed by atoms with van der Waals surface area (Å²) in [7, 11) is 3.46. The van der Waals surface area contributed by atoms with Crippen LogP contribution in [0.1, 0.15) is 20.3 Å². The summed E-state index contributed by atoms with van der Waals surface area (Å²) in [6, 6.07) is 0.199. The highest BCUT2D eigenvalue weighted by Crippen LogP contribution is 2.08. The Kier molecular flexibility index (Phi) is 4.69. The molecule has 0 bridgehead atoms. The summed E-state index contributed by atoms with van der Waals surface area (Å²) in [4.78, 5) is 23.3. The van der Waals surface area contributed by atoms with Crippen molar-refractivity contribution >= 4 is 0 Å². The molecule has 0 aromatic carbocycles. The molecular formula is C12H21N3O2. The second-order valence-electron chi connectivity index (χ2n) is 4.45. The molecule has 0 aliphatic carbocycles. The Morgan fingerprint density at radius 1 is 1.29 bits per heavy atom. The summed E-state index contributed by atoms with van der Waals surface area (Å²) in [5.41, 5.74) is -0.940. The molecule has 5 nitrogen and oxygen atoms in total. The molecule has 17 heavy (non-hydrogen) atoms. The third-order valence-corrected chi connectivity index (χ3v) is 3.33. The van der Waals surface area contributed by atoms with Crippen molar-refractivity contribution in [2.75, 3.05) is 7.05 Å². The van der Waals surface area contributed by atoms with Crippen LogP contribution in [0.15, 0.2) is 22.0 Å². The molecule has 2 atom stereocenters. The summed E-state index contributed by atoms with van der Waals surface area (Å²) in [5.74, 6) is 0.455. The van der Waals surface area contributed by atoms with Crippen molar-refractivity contribution in [2.24, 2.45) is 13.0 Å². The van der Waals surface area contributed by atoms with E-state index in [1.807, 2.05) is 7.05 Å². The molecule has 0 fully saturated rings. The monoisotopic (exact) mass is 239 g/mol. The van der Waals surface area contributed by atoms with E-state index >= 15 is 0 Å². The minimum Gasteiger partial charge on any atom is -0.315 e. The Morgan fingerprint density at radius 3 is 2.47 bits per heavy atom. The average Bonchev–Trinajstić information content (AvgIpc) is 2.34. The third-order valence-electron chi connectivity index (χ3n) is 3.33. The molecule has 0 aliphatic heterocycles. The molecule has 5 heteroatoms. The molecule has 1 aromatic heterocycles. The zero-order valence-electron chi connectivity index (χ0n) is 10.9. The molecule has 0 saturated carbocycles. The van der Waals surface area contributed by atoms with Crippen LogP contribution >= 0.6 is 0 Å². The standard InChI is InChI=1S/C12H21N3O2/c1-5-9(2)10(13-3)8-15-7-6-14(4)11(16)12(15)17/h6-7,9-10,13H,5,8H2,1-4H3. The minimum absolute atomic E-state index is 0.199. The van der Waals surface area contributed by atoms with Gasteiger partial charge >= 0.3 is 11.1 Å². The van der Waals surface area contributed by atoms with Crippen LogP contribution in [0.25, 0.3) is 0 Å². The Labute approximate surface area is 101 Å². The van der Waals surface area contributed by atoms with E-state index in [0.717, 1.165) is 6.42 Å². The molecule has 0 radical (unpaired) electrons. The summed E-state index contributed by atoms with van der Waals surface area (Å²) >= 11 is 0. The van der Waals surface area contributed by atoms with Gasteiger partial charge in [0.2, 0.25) is 0 Å². The van der Waals surface area contributed by atoms with Crippen LogP contribution in [0.5, 0.6) is 0 Å². The van der Waals surface area contributed by atoms with Gasteiger partial charge in [-0.15, -0.1) is 0 Å². The lowest BCUT2D eigenvalue weighted by molar-refractivity contribution is 0.343. The molecule has 1 aromatic rings. The first-order valence-corrected chi connectivity index (χ1v) is 5.94. The van der Waals surface area contributed by atoms with Crippen molar-refractivity contribution in [1.29, 1.82) is 0 Å². The van der Waals surface area contributed by atoms with E-state index in [0.29, 0.717) is 12.5 Å². The first-order chi connectivity index (χ1) is 8.01. The number of nitrogens with one attached hydrogen (secondary N) is 1. The van der Waals surface area contributed by atoms with E-state index in [4.69, 9.17) is 0 Å². The fourth-order valence-electron chi connectivity index (χ4n) is 1.79. The van der Waals surface area contributed by atoms with E-state index in [9.17, 15) is 9.59 Å². The Morgan fingerprint density at radius 2 is 1.94 bits per heavy atom. The van der Waals surface area contributed by atoms with Crippen molar-refractivity contribution in [3.8, 4) is 0 Å². The van der Waals surface area contributed by atoms with Gasteiger partial charge in [-0.05, 0) is 13.0 Å². The maximum atomic E-state index is 11.8. The highest BCUT2D eigenvalue weighted by atomic mass is 16.2. The number of rotatable bonds is 5. The minimum atomic E-state index is -0.480.